The normalized spacial score (nSPS) is 25.0. The summed E-state index contributed by atoms with van der Waals surface area (Å²) in [5.74, 6) is 0.329. The van der Waals surface area contributed by atoms with Gasteiger partial charge in [-0.25, -0.2) is 0 Å². The first kappa shape index (κ1) is 14.1. The van der Waals surface area contributed by atoms with Crippen molar-refractivity contribution in [2.75, 3.05) is 19.8 Å². The van der Waals surface area contributed by atoms with Crippen LogP contribution in [0.5, 0.6) is 0 Å². The van der Waals surface area contributed by atoms with E-state index in [0.29, 0.717) is 19.1 Å². The van der Waals surface area contributed by atoms with Crippen LogP contribution in [-0.2, 0) is 14.3 Å². The van der Waals surface area contributed by atoms with E-state index in [0.717, 1.165) is 31.4 Å². The molecule has 0 unspecified atom stereocenters. The van der Waals surface area contributed by atoms with Gasteiger partial charge in [-0.2, -0.15) is 0 Å². The standard InChI is InChI=1S/C17H21NO3/c19-17(15-7-4-9-20-12-15)18-11-14-8-10-21-16(14)13-5-2-1-3-6-13/h1-3,5-6,12,14,16H,4,7-11H2,(H,18,19)/t14-,16-/m0/s1. The van der Waals surface area contributed by atoms with Gasteiger partial charge in [0.1, 0.15) is 0 Å². The average Bonchev–Trinajstić information content (AvgIpc) is 3.03. The van der Waals surface area contributed by atoms with Crippen LogP contribution in [0.1, 0.15) is 30.9 Å². The van der Waals surface area contributed by atoms with Crippen molar-refractivity contribution in [3.8, 4) is 0 Å². The highest BCUT2D eigenvalue weighted by Crippen LogP contribution is 2.33. The van der Waals surface area contributed by atoms with Crippen molar-refractivity contribution < 1.29 is 14.3 Å². The van der Waals surface area contributed by atoms with Crippen molar-refractivity contribution >= 4 is 5.91 Å². The number of hydrogen-bond donors (Lipinski definition) is 1. The monoisotopic (exact) mass is 287 g/mol. The van der Waals surface area contributed by atoms with E-state index in [2.05, 4.69) is 17.4 Å². The predicted octanol–water partition coefficient (Wildman–Crippen LogP) is 2.57. The molecule has 112 valence electrons. The first-order valence-corrected chi connectivity index (χ1v) is 7.60. The van der Waals surface area contributed by atoms with Crippen LogP contribution in [0, 0.1) is 5.92 Å². The summed E-state index contributed by atoms with van der Waals surface area (Å²) in [6.45, 7) is 2.12. The Bertz CT molecular complexity index is 512. The third kappa shape index (κ3) is 3.45. The van der Waals surface area contributed by atoms with Gasteiger partial charge in [-0.3, -0.25) is 4.79 Å². The fourth-order valence-electron chi connectivity index (χ4n) is 2.92. The summed E-state index contributed by atoms with van der Waals surface area (Å²) in [4.78, 5) is 12.1. The maximum Gasteiger partial charge on any atom is 0.250 e. The van der Waals surface area contributed by atoms with Gasteiger partial charge in [-0.1, -0.05) is 30.3 Å². The van der Waals surface area contributed by atoms with Gasteiger partial charge in [-0.15, -0.1) is 0 Å². The minimum atomic E-state index is -0.00610. The Hall–Kier alpha value is -1.81. The molecule has 1 N–H and O–H groups in total. The lowest BCUT2D eigenvalue weighted by Crippen LogP contribution is -2.32. The molecule has 0 aromatic heterocycles. The van der Waals surface area contributed by atoms with Gasteiger partial charge < -0.3 is 14.8 Å². The van der Waals surface area contributed by atoms with Crippen LogP contribution in [0.4, 0.5) is 0 Å². The Balaban J connectivity index is 1.57. The summed E-state index contributed by atoms with van der Waals surface area (Å²) >= 11 is 0. The highest BCUT2D eigenvalue weighted by Gasteiger charge is 2.30. The second-order valence-corrected chi connectivity index (χ2v) is 5.58. The highest BCUT2D eigenvalue weighted by atomic mass is 16.5. The minimum absolute atomic E-state index is 0.00610. The van der Waals surface area contributed by atoms with E-state index in [1.807, 2.05) is 18.2 Å². The Morgan fingerprint density at radius 1 is 1.24 bits per heavy atom. The molecule has 0 radical (unpaired) electrons. The second kappa shape index (κ2) is 6.76. The number of benzene rings is 1. The molecule has 1 aromatic rings. The van der Waals surface area contributed by atoms with Crippen LogP contribution in [0.15, 0.2) is 42.2 Å². The number of ether oxygens (including phenoxy) is 2. The Labute approximate surface area is 125 Å². The molecule has 2 atom stereocenters. The molecule has 0 aliphatic carbocycles. The molecule has 1 saturated heterocycles. The molecular formula is C17H21NO3. The van der Waals surface area contributed by atoms with E-state index in [-0.39, 0.29) is 12.0 Å². The zero-order valence-corrected chi connectivity index (χ0v) is 12.1. The van der Waals surface area contributed by atoms with E-state index in [1.54, 1.807) is 6.26 Å². The van der Waals surface area contributed by atoms with Crippen LogP contribution < -0.4 is 5.32 Å². The average molecular weight is 287 g/mol. The lowest BCUT2D eigenvalue weighted by Gasteiger charge is -2.20. The molecule has 1 amide bonds. The molecule has 2 heterocycles. The summed E-state index contributed by atoms with van der Waals surface area (Å²) in [5.41, 5.74) is 1.94. The van der Waals surface area contributed by atoms with Gasteiger partial charge >= 0.3 is 0 Å². The number of nitrogens with one attached hydrogen (secondary N) is 1. The van der Waals surface area contributed by atoms with Crippen molar-refractivity contribution in [1.29, 1.82) is 0 Å². The summed E-state index contributed by atoms with van der Waals surface area (Å²) < 4.78 is 11.1. The van der Waals surface area contributed by atoms with E-state index in [1.165, 1.54) is 5.56 Å². The predicted molar refractivity (Wildman–Crippen MR) is 79.5 cm³/mol. The first-order valence-electron chi connectivity index (χ1n) is 7.60. The van der Waals surface area contributed by atoms with Gasteiger partial charge in [0, 0.05) is 19.1 Å². The van der Waals surface area contributed by atoms with Gasteiger partial charge in [0.15, 0.2) is 0 Å². The van der Waals surface area contributed by atoms with Crippen LogP contribution in [0.2, 0.25) is 0 Å². The molecule has 0 bridgehead atoms. The number of carbonyl (C=O) groups excluding carboxylic acids is 1. The van der Waals surface area contributed by atoms with Gasteiger partial charge in [0.25, 0.3) is 0 Å². The second-order valence-electron chi connectivity index (χ2n) is 5.58. The molecule has 1 fully saturated rings. The number of amides is 1. The van der Waals surface area contributed by atoms with Crippen LogP contribution in [0.25, 0.3) is 0 Å². The largest absolute Gasteiger partial charge is 0.501 e. The number of carbonyl (C=O) groups is 1. The van der Waals surface area contributed by atoms with E-state index >= 15 is 0 Å². The molecule has 21 heavy (non-hydrogen) atoms. The van der Waals surface area contributed by atoms with Crippen LogP contribution >= 0.6 is 0 Å². The quantitative estimate of drug-likeness (QED) is 0.926. The first-order chi connectivity index (χ1) is 10.3. The fraction of sp³-hybridized carbons (Fsp3) is 0.471. The van der Waals surface area contributed by atoms with E-state index in [9.17, 15) is 4.79 Å². The zero-order valence-electron chi connectivity index (χ0n) is 12.1. The third-order valence-corrected chi connectivity index (χ3v) is 4.09. The summed E-state index contributed by atoms with van der Waals surface area (Å²) in [6.07, 6.45) is 4.38. The minimum Gasteiger partial charge on any atom is -0.501 e. The molecule has 3 rings (SSSR count). The van der Waals surface area contributed by atoms with E-state index < -0.39 is 0 Å². The SMILES string of the molecule is O=C(NC[C@@H]1CCO[C@H]1c1ccccc1)C1=COCCC1. The fourth-order valence-corrected chi connectivity index (χ4v) is 2.92. The lowest BCUT2D eigenvalue weighted by molar-refractivity contribution is -0.118. The van der Waals surface area contributed by atoms with Gasteiger partial charge in [0.05, 0.1) is 24.5 Å². The molecule has 0 spiro atoms. The molecule has 1 aromatic carbocycles. The van der Waals surface area contributed by atoms with Crippen molar-refractivity contribution in [3.05, 3.63) is 47.7 Å². The lowest BCUT2D eigenvalue weighted by atomic mass is 9.95. The van der Waals surface area contributed by atoms with Gasteiger partial charge in [-0.05, 0) is 24.8 Å². The summed E-state index contributed by atoms with van der Waals surface area (Å²) in [7, 11) is 0. The Morgan fingerprint density at radius 3 is 2.86 bits per heavy atom. The highest BCUT2D eigenvalue weighted by molar-refractivity contribution is 5.93. The van der Waals surface area contributed by atoms with E-state index in [4.69, 9.17) is 9.47 Å². The van der Waals surface area contributed by atoms with Crippen LogP contribution in [-0.4, -0.2) is 25.7 Å². The van der Waals surface area contributed by atoms with Crippen molar-refractivity contribution in [2.45, 2.75) is 25.4 Å². The topological polar surface area (TPSA) is 47.6 Å². The van der Waals surface area contributed by atoms with Gasteiger partial charge in [0.2, 0.25) is 5.91 Å². The molecule has 2 aliphatic heterocycles. The zero-order chi connectivity index (χ0) is 14.5. The maximum absolute atomic E-state index is 12.1. The van der Waals surface area contributed by atoms with Crippen molar-refractivity contribution in [2.24, 2.45) is 5.92 Å². The smallest absolute Gasteiger partial charge is 0.250 e. The van der Waals surface area contributed by atoms with Crippen LogP contribution in [0.3, 0.4) is 0 Å². The van der Waals surface area contributed by atoms with Crippen molar-refractivity contribution in [1.82, 2.24) is 5.32 Å². The molecule has 4 nitrogen and oxygen atoms in total. The number of hydrogen-bond acceptors (Lipinski definition) is 3. The molecule has 2 aliphatic rings. The maximum atomic E-state index is 12.1. The Morgan fingerprint density at radius 2 is 2.10 bits per heavy atom. The molecule has 4 heteroatoms. The van der Waals surface area contributed by atoms with Crippen molar-refractivity contribution in [3.63, 3.8) is 0 Å². The third-order valence-electron chi connectivity index (χ3n) is 4.09. The number of rotatable bonds is 4. The molecule has 0 saturated carbocycles. The Kier molecular flexibility index (Phi) is 4.55. The summed E-state index contributed by atoms with van der Waals surface area (Å²) in [6, 6.07) is 10.2. The summed E-state index contributed by atoms with van der Waals surface area (Å²) in [5, 5.41) is 3.03. The molecular weight excluding hydrogens is 266 g/mol.